The summed E-state index contributed by atoms with van der Waals surface area (Å²) in [6.07, 6.45) is 15.9. The van der Waals surface area contributed by atoms with Crippen LogP contribution in [0.1, 0.15) is 118 Å². The molecule has 0 unspecified atom stereocenters. The molecule has 0 spiro atoms. The van der Waals surface area contributed by atoms with E-state index in [1.807, 2.05) is 0 Å². The van der Waals surface area contributed by atoms with E-state index in [1.54, 1.807) is 0 Å². The molecule has 3 saturated carbocycles. The van der Waals surface area contributed by atoms with Gasteiger partial charge in [0.2, 0.25) is 0 Å². The number of nitrogens with zero attached hydrogens (tertiary/aromatic N) is 2. The quantitative estimate of drug-likeness (QED) is 0.372. The number of nitriles is 2. The monoisotopic (exact) mass is 424 g/mol. The minimum atomic E-state index is 0.262. The summed E-state index contributed by atoms with van der Waals surface area (Å²) < 4.78 is 0. The first-order chi connectivity index (χ1) is 14.8. The highest BCUT2D eigenvalue weighted by Gasteiger charge is 2.59. The van der Waals surface area contributed by atoms with Gasteiger partial charge in [0.05, 0.1) is 12.1 Å². The highest BCUT2D eigenvalue weighted by Crippen LogP contribution is 2.67. The second-order valence-corrected chi connectivity index (χ2v) is 12.5. The van der Waals surface area contributed by atoms with Crippen molar-refractivity contribution in [2.75, 3.05) is 0 Å². The van der Waals surface area contributed by atoms with Crippen molar-refractivity contribution in [1.29, 1.82) is 10.5 Å². The lowest BCUT2D eigenvalue weighted by Crippen LogP contribution is -2.52. The topological polar surface area (TPSA) is 47.6 Å². The third-order valence-corrected chi connectivity index (χ3v) is 10.6. The SMILES string of the molecule is CC(C)CCC[C@@H](C)[C@H]1CC[C@H]2[C@H]3CC[C@@H](CCC#N)[C@@](C)(CCC#N)[C@@H]3CC[C@]12C. The molecule has 0 aromatic rings. The van der Waals surface area contributed by atoms with Gasteiger partial charge >= 0.3 is 0 Å². The standard InChI is InChI=1S/C29H48N2/c1-21(2)9-6-10-22(3)25-14-15-26-24-13-12-23(11-7-19-30)28(4,17-8-20-31)27(24)16-18-29(25,26)5/h21-27H,6-18H2,1-5H3/t22-,23-,24-,25-,26+,27-,28-,29-/m1/s1. The summed E-state index contributed by atoms with van der Waals surface area (Å²) >= 11 is 0. The first-order valence-corrected chi connectivity index (χ1v) is 13.5. The maximum atomic E-state index is 9.36. The maximum absolute atomic E-state index is 9.36. The van der Waals surface area contributed by atoms with Gasteiger partial charge in [-0.1, -0.05) is 53.9 Å². The van der Waals surface area contributed by atoms with Crippen LogP contribution in [-0.2, 0) is 0 Å². The predicted molar refractivity (Wildman–Crippen MR) is 129 cm³/mol. The highest BCUT2D eigenvalue weighted by atomic mass is 14.6. The van der Waals surface area contributed by atoms with Crippen LogP contribution < -0.4 is 0 Å². The number of fused-ring (bicyclic) bond motifs is 3. The van der Waals surface area contributed by atoms with Gasteiger partial charge in [0.25, 0.3) is 0 Å². The summed E-state index contributed by atoms with van der Waals surface area (Å²) in [7, 11) is 0. The van der Waals surface area contributed by atoms with Crippen LogP contribution in [0, 0.1) is 74.9 Å². The number of hydrogen-bond donors (Lipinski definition) is 0. The van der Waals surface area contributed by atoms with Gasteiger partial charge in [0.15, 0.2) is 0 Å². The highest BCUT2D eigenvalue weighted by molar-refractivity contribution is 5.09. The third kappa shape index (κ3) is 4.85. The molecule has 174 valence electrons. The molecule has 0 aromatic carbocycles. The lowest BCUT2D eigenvalue weighted by atomic mass is 9.45. The van der Waals surface area contributed by atoms with Crippen LogP contribution in [0.4, 0.5) is 0 Å². The van der Waals surface area contributed by atoms with Crippen molar-refractivity contribution in [3.05, 3.63) is 0 Å². The van der Waals surface area contributed by atoms with Gasteiger partial charge in [-0.15, -0.1) is 0 Å². The maximum Gasteiger partial charge on any atom is 0.0621 e. The van der Waals surface area contributed by atoms with Crippen molar-refractivity contribution in [1.82, 2.24) is 0 Å². The number of rotatable bonds is 9. The van der Waals surface area contributed by atoms with Crippen LogP contribution in [0.15, 0.2) is 0 Å². The molecule has 2 heteroatoms. The van der Waals surface area contributed by atoms with E-state index in [1.165, 1.54) is 57.8 Å². The fourth-order valence-corrected chi connectivity index (χ4v) is 8.99. The summed E-state index contributed by atoms with van der Waals surface area (Å²) in [5.74, 6) is 5.76. The zero-order chi connectivity index (χ0) is 22.6. The van der Waals surface area contributed by atoms with Gasteiger partial charge in [-0.05, 0) is 104 Å². The van der Waals surface area contributed by atoms with Gasteiger partial charge in [-0.3, -0.25) is 0 Å². The zero-order valence-electron chi connectivity index (χ0n) is 21.1. The summed E-state index contributed by atoms with van der Waals surface area (Å²) in [6.45, 7) is 12.4. The summed E-state index contributed by atoms with van der Waals surface area (Å²) in [4.78, 5) is 0. The van der Waals surface area contributed by atoms with E-state index in [9.17, 15) is 10.5 Å². The van der Waals surface area contributed by atoms with E-state index in [4.69, 9.17) is 0 Å². The molecule has 0 radical (unpaired) electrons. The van der Waals surface area contributed by atoms with Gasteiger partial charge in [-0.25, -0.2) is 0 Å². The second kappa shape index (κ2) is 10.3. The van der Waals surface area contributed by atoms with E-state index in [2.05, 4.69) is 46.8 Å². The molecule has 2 nitrogen and oxygen atoms in total. The minimum absolute atomic E-state index is 0.262. The lowest BCUT2D eigenvalue weighted by Gasteiger charge is -2.59. The molecule has 3 aliphatic rings. The molecule has 0 N–H and O–H groups in total. The average Bonchev–Trinajstić information content (AvgIpc) is 3.09. The van der Waals surface area contributed by atoms with Crippen LogP contribution in [0.25, 0.3) is 0 Å². The average molecular weight is 425 g/mol. The first kappa shape index (κ1) is 24.6. The van der Waals surface area contributed by atoms with Crippen molar-refractivity contribution in [2.45, 2.75) is 118 Å². The Kier molecular flexibility index (Phi) is 8.16. The van der Waals surface area contributed by atoms with Gasteiger partial charge in [-0.2, -0.15) is 10.5 Å². The van der Waals surface area contributed by atoms with Crippen LogP contribution in [0.5, 0.6) is 0 Å². The first-order valence-electron chi connectivity index (χ1n) is 13.5. The molecule has 0 aromatic heterocycles. The molecule has 8 atom stereocenters. The van der Waals surface area contributed by atoms with E-state index in [0.29, 0.717) is 24.2 Å². The molecular weight excluding hydrogens is 376 g/mol. The molecule has 0 saturated heterocycles. The lowest BCUT2D eigenvalue weighted by molar-refractivity contribution is -0.104. The van der Waals surface area contributed by atoms with Crippen LogP contribution in [0.3, 0.4) is 0 Å². The Morgan fingerprint density at radius 3 is 2.29 bits per heavy atom. The summed E-state index contributed by atoms with van der Waals surface area (Å²) in [6, 6.07) is 4.85. The number of hydrogen-bond acceptors (Lipinski definition) is 2. The van der Waals surface area contributed by atoms with Crippen molar-refractivity contribution < 1.29 is 0 Å². The van der Waals surface area contributed by atoms with Gasteiger partial charge in [0.1, 0.15) is 0 Å². The molecular formula is C29H48N2. The summed E-state index contributed by atoms with van der Waals surface area (Å²) in [5, 5.41) is 18.6. The Bertz CT molecular complexity index is 669. The van der Waals surface area contributed by atoms with Crippen molar-refractivity contribution in [2.24, 2.45) is 52.3 Å². The molecule has 31 heavy (non-hydrogen) atoms. The Morgan fingerprint density at radius 1 is 0.871 bits per heavy atom. The smallest absolute Gasteiger partial charge is 0.0621 e. The Morgan fingerprint density at radius 2 is 1.61 bits per heavy atom. The fraction of sp³-hybridized carbons (Fsp3) is 0.931. The Hall–Kier alpha value is -1.02. The molecule has 0 heterocycles. The zero-order valence-corrected chi connectivity index (χ0v) is 21.1. The molecule has 0 aliphatic heterocycles. The molecule has 3 aliphatic carbocycles. The van der Waals surface area contributed by atoms with Crippen molar-refractivity contribution >= 4 is 0 Å². The van der Waals surface area contributed by atoms with Crippen LogP contribution >= 0.6 is 0 Å². The largest absolute Gasteiger partial charge is 0.198 e. The third-order valence-electron chi connectivity index (χ3n) is 10.6. The van der Waals surface area contributed by atoms with E-state index >= 15 is 0 Å². The predicted octanol–water partition coefficient (Wildman–Crippen LogP) is 8.53. The molecule has 0 bridgehead atoms. The van der Waals surface area contributed by atoms with Gasteiger partial charge < -0.3 is 0 Å². The molecule has 0 amide bonds. The molecule has 3 fully saturated rings. The molecule has 3 rings (SSSR count). The van der Waals surface area contributed by atoms with E-state index in [0.717, 1.165) is 48.3 Å². The normalized spacial score (nSPS) is 40.6. The van der Waals surface area contributed by atoms with Crippen LogP contribution in [0.2, 0.25) is 0 Å². The summed E-state index contributed by atoms with van der Waals surface area (Å²) in [5.41, 5.74) is 0.797. The Labute approximate surface area is 193 Å². The van der Waals surface area contributed by atoms with Crippen molar-refractivity contribution in [3.8, 4) is 12.1 Å². The van der Waals surface area contributed by atoms with E-state index in [-0.39, 0.29) is 5.41 Å². The minimum Gasteiger partial charge on any atom is -0.198 e. The van der Waals surface area contributed by atoms with Crippen molar-refractivity contribution in [3.63, 3.8) is 0 Å². The van der Waals surface area contributed by atoms with Crippen LogP contribution in [-0.4, -0.2) is 0 Å². The van der Waals surface area contributed by atoms with Gasteiger partial charge in [0, 0.05) is 12.8 Å². The Balaban J connectivity index is 1.75. The fourth-order valence-electron chi connectivity index (χ4n) is 8.99. The van der Waals surface area contributed by atoms with E-state index < -0.39 is 0 Å². The second-order valence-electron chi connectivity index (χ2n) is 12.5.